The Kier molecular flexibility index (Phi) is 6.40. The van der Waals surface area contributed by atoms with Crippen molar-refractivity contribution in [3.8, 4) is 0 Å². The van der Waals surface area contributed by atoms with Crippen molar-refractivity contribution in [2.24, 2.45) is 0 Å². The highest BCUT2D eigenvalue weighted by molar-refractivity contribution is 7.91. The van der Waals surface area contributed by atoms with Crippen LogP contribution in [0.15, 0.2) is 94.9 Å². The molecule has 1 aliphatic rings. The first-order valence-corrected chi connectivity index (χ1v) is 13.0. The highest BCUT2D eigenvalue weighted by atomic mass is 32.2. The molecule has 0 spiro atoms. The first-order valence-electron chi connectivity index (χ1n) is 11.5. The third-order valence-corrected chi connectivity index (χ3v) is 8.24. The maximum Gasteiger partial charge on any atom is 0.242 e. The molecular weight excluding hydrogens is 465 g/mol. The summed E-state index contributed by atoms with van der Waals surface area (Å²) in [6, 6.07) is 22.2. The van der Waals surface area contributed by atoms with E-state index >= 15 is 0 Å². The summed E-state index contributed by atoms with van der Waals surface area (Å²) in [5.74, 6) is -0.545. The molecule has 5 rings (SSSR count). The lowest BCUT2D eigenvalue weighted by atomic mass is 10.2. The number of hydrogen-bond acceptors (Lipinski definition) is 4. The van der Waals surface area contributed by atoms with E-state index in [4.69, 9.17) is 0 Å². The zero-order valence-electron chi connectivity index (χ0n) is 19.2. The van der Waals surface area contributed by atoms with Crippen molar-refractivity contribution < 1.29 is 17.6 Å². The minimum Gasteiger partial charge on any atom is -0.339 e. The van der Waals surface area contributed by atoms with Gasteiger partial charge in [-0.1, -0.05) is 48.5 Å². The molecular formula is C27H26FN3O3S. The van der Waals surface area contributed by atoms with E-state index in [1.165, 1.54) is 23.9 Å². The van der Waals surface area contributed by atoms with Gasteiger partial charge in [0.05, 0.1) is 9.79 Å². The van der Waals surface area contributed by atoms with Gasteiger partial charge in [0.25, 0.3) is 0 Å². The van der Waals surface area contributed by atoms with Gasteiger partial charge in [-0.3, -0.25) is 9.69 Å². The molecule has 4 aromatic rings. The van der Waals surface area contributed by atoms with E-state index in [-0.39, 0.29) is 22.2 Å². The summed E-state index contributed by atoms with van der Waals surface area (Å²) in [5.41, 5.74) is 1.92. The minimum atomic E-state index is -3.88. The summed E-state index contributed by atoms with van der Waals surface area (Å²) in [7, 11) is -3.88. The van der Waals surface area contributed by atoms with Gasteiger partial charge in [0.2, 0.25) is 15.7 Å². The fraction of sp³-hybridized carbons (Fsp3) is 0.222. The Balaban J connectivity index is 1.33. The summed E-state index contributed by atoms with van der Waals surface area (Å²) in [6.07, 6.45) is 1.52. The molecule has 3 aromatic carbocycles. The predicted molar refractivity (Wildman–Crippen MR) is 132 cm³/mol. The van der Waals surface area contributed by atoms with Crippen molar-refractivity contribution in [3.05, 3.63) is 96.4 Å². The van der Waals surface area contributed by atoms with Crippen molar-refractivity contribution in [2.45, 2.75) is 22.9 Å². The number of benzene rings is 3. The van der Waals surface area contributed by atoms with E-state index in [0.717, 1.165) is 31.8 Å². The van der Waals surface area contributed by atoms with Crippen LogP contribution in [0.3, 0.4) is 0 Å². The van der Waals surface area contributed by atoms with Crippen LogP contribution in [-0.4, -0.2) is 54.9 Å². The first-order chi connectivity index (χ1) is 16.9. The van der Waals surface area contributed by atoms with Crippen molar-refractivity contribution in [1.82, 2.24) is 14.4 Å². The van der Waals surface area contributed by atoms with Gasteiger partial charge < -0.3 is 9.47 Å². The summed E-state index contributed by atoms with van der Waals surface area (Å²) in [6.45, 7) is 3.75. The van der Waals surface area contributed by atoms with Gasteiger partial charge in [-0.15, -0.1) is 0 Å². The third kappa shape index (κ3) is 4.85. The van der Waals surface area contributed by atoms with Gasteiger partial charge in [-0.2, -0.15) is 0 Å². The smallest absolute Gasteiger partial charge is 0.242 e. The number of carbonyl (C=O) groups excluding carboxylic acids is 1. The summed E-state index contributed by atoms with van der Waals surface area (Å²) >= 11 is 0. The maximum absolute atomic E-state index is 13.3. The number of hydrogen-bond donors (Lipinski definition) is 0. The van der Waals surface area contributed by atoms with Gasteiger partial charge in [0.1, 0.15) is 12.4 Å². The number of rotatable bonds is 6. The quantitative estimate of drug-likeness (QED) is 0.383. The molecule has 1 fully saturated rings. The zero-order chi connectivity index (χ0) is 24.4. The van der Waals surface area contributed by atoms with Crippen LogP contribution in [0.2, 0.25) is 0 Å². The lowest BCUT2D eigenvalue weighted by Crippen LogP contribution is -2.49. The third-order valence-electron chi connectivity index (χ3n) is 6.45. The fourth-order valence-corrected chi connectivity index (χ4v) is 6.02. The Labute approximate surface area is 204 Å². The molecule has 6 nitrogen and oxygen atoms in total. The molecule has 0 atom stereocenters. The highest BCUT2D eigenvalue weighted by Crippen LogP contribution is 2.30. The number of para-hydroxylation sites is 1. The second-order valence-corrected chi connectivity index (χ2v) is 10.7. The zero-order valence-corrected chi connectivity index (χ0v) is 20.0. The van der Waals surface area contributed by atoms with E-state index < -0.39 is 15.7 Å². The predicted octanol–water partition coefficient (Wildman–Crippen LogP) is 3.96. The van der Waals surface area contributed by atoms with Gasteiger partial charge in [-0.25, -0.2) is 12.8 Å². The summed E-state index contributed by atoms with van der Waals surface area (Å²) in [5, 5.41) is 0.539. The Bertz CT molecular complexity index is 1440. The van der Waals surface area contributed by atoms with Crippen LogP contribution in [0.4, 0.5) is 4.39 Å². The molecule has 8 heteroatoms. The topological polar surface area (TPSA) is 62.6 Å². The molecule has 1 amide bonds. The van der Waals surface area contributed by atoms with Gasteiger partial charge >= 0.3 is 0 Å². The Morgan fingerprint density at radius 1 is 0.829 bits per heavy atom. The van der Waals surface area contributed by atoms with Crippen molar-refractivity contribution in [1.29, 1.82) is 0 Å². The largest absolute Gasteiger partial charge is 0.339 e. The highest BCUT2D eigenvalue weighted by Gasteiger charge is 2.26. The molecule has 1 aliphatic heterocycles. The van der Waals surface area contributed by atoms with Crippen molar-refractivity contribution in [2.75, 3.05) is 26.2 Å². The molecule has 180 valence electrons. The number of carbonyl (C=O) groups is 1. The monoisotopic (exact) mass is 491 g/mol. The molecule has 0 aliphatic carbocycles. The van der Waals surface area contributed by atoms with Crippen LogP contribution < -0.4 is 0 Å². The number of amides is 1. The number of nitrogens with zero attached hydrogens (tertiary/aromatic N) is 3. The van der Waals surface area contributed by atoms with Gasteiger partial charge in [0, 0.05) is 49.8 Å². The summed E-state index contributed by atoms with van der Waals surface area (Å²) in [4.78, 5) is 17.4. The molecule has 0 radical (unpaired) electrons. The Morgan fingerprint density at radius 3 is 2.20 bits per heavy atom. The fourth-order valence-electron chi connectivity index (χ4n) is 4.54. The molecule has 1 aromatic heterocycles. The van der Waals surface area contributed by atoms with Crippen molar-refractivity contribution >= 4 is 26.6 Å². The molecule has 0 bridgehead atoms. The average molecular weight is 492 g/mol. The Hall–Kier alpha value is -3.49. The second-order valence-electron chi connectivity index (χ2n) is 8.74. The van der Waals surface area contributed by atoms with Crippen LogP contribution in [0, 0.1) is 5.82 Å². The molecule has 0 unspecified atom stereocenters. The Morgan fingerprint density at radius 2 is 1.49 bits per heavy atom. The number of piperazine rings is 1. The maximum atomic E-state index is 13.3. The van der Waals surface area contributed by atoms with E-state index in [1.807, 2.05) is 35.2 Å². The van der Waals surface area contributed by atoms with Crippen LogP contribution in [0.5, 0.6) is 0 Å². The molecule has 1 saturated heterocycles. The first kappa shape index (κ1) is 23.3. The van der Waals surface area contributed by atoms with E-state index in [1.54, 1.807) is 16.7 Å². The average Bonchev–Trinajstić information content (AvgIpc) is 3.24. The van der Waals surface area contributed by atoms with E-state index in [0.29, 0.717) is 24.0 Å². The normalized spacial score (nSPS) is 14.9. The van der Waals surface area contributed by atoms with E-state index in [2.05, 4.69) is 17.0 Å². The van der Waals surface area contributed by atoms with Crippen LogP contribution >= 0.6 is 0 Å². The number of fused-ring (bicyclic) bond motifs is 1. The number of sulfone groups is 1. The van der Waals surface area contributed by atoms with Crippen LogP contribution in [-0.2, 0) is 27.7 Å². The minimum absolute atomic E-state index is 0.0164. The van der Waals surface area contributed by atoms with Gasteiger partial charge in [-0.05, 0) is 35.9 Å². The molecule has 2 heterocycles. The van der Waals surface area contributed by atoms with Crippen LogP contribution in [0.1, 0.15) is 5.56 Å². The van der Waals surface area contributed by atoms with Crippen molar-refractivity contribution in [3.63, 3.8) is 0 Å². The van der Waals surface area contributed by atoms with Crippen LogP contribution in [0.25, 0.3) is 10.9 Å². The number of halogens is 1. The SMILES string of the molecule is O=C(Cn1cc(S(=O)(=O)c2ccc(F)cc2)c2ccccc21)N1CCN(Cc2ccccc2)CC1. The standard InChI is InChI=1S/C27H26FN3O3S/c28-22-10-12-23(13-11-22)35(33,34)26-19-31(25-9-5-4-8-24(25)26)20-27(32)30-16-14-29(15-17-30)18-21-6-2-1-3-7-21/h1-13,19H,14-18,20H2. The second kappa shape index (κ2) is 9.64. The lowest BCUT2D eigenvalue weighted by molar-refractivity contribution is -0.133. The lowest BCUT2D eigenvalue weighted by Gasteiger charge is -2.35. The molecule has 35 heavy (non-hydrogen) atoms. The summed E-state index contributed by atoms with van der Waals surface area (Å²) < 4.78 is 41.7. The van der Waals surface area contributed by atoms with Gasteiger partial charge in [0.15, 0.2) is 0 Å². The molecule has 0 N–H and O–H groups in total. The molecule has 0 saturated carbocycles. The number of aromatic nitrogens is 1. The van der Waals surface area contributed by atoms with E-state index in [9.17, 15) is 17.6 Å².